The molecule has 0 bridgehead atoms. The number of nitrogens with zero attached hydrogens (tertiary/aromatic N) is 4. The van der Waals surface area contributed by atoms with Crippen LogP contribution in [0.5, 0.6) is 5.75 Å². The number of ether oxygens (including phenoxy) is 1. The molecule has 5 rings (SSSR count). The molecule has 3 aromatic rings. The largest absolute Gasteiger partial charge is 0.497 e. The molecule has 0 unspecified atom stereocenters. The van der Waals surface area contributed by atoms with Crippen molar-refractivity contribution >= 4 is 33.1 Å². The molecule has 1 aliphatic carbocycles. The van der Waals surface area contributed by atoms with Crippen molar-refractivity contribution in [2.24, 2.45) is 0 Å². The minimum atomic E-state index is 0.00467. The highest BCUT2D eigenvalue weighted by molar-refractivity contribution is 7.18. The number of carbonyl (C=O) groups excluding carboxylic acids is 1. The Labute approximate surface area is 191 Å². The summed E-state index contributed by atoms with van der Waals surface area (Å²) in [6, 6.07) is 8.01. The third kappa shape index (κ3) is 3.99. The second-order valence-corrected chi connectivity index (χ2v) is 9.54. The second kappa shape index (κ2) is 8.94. The van der Waals surface area contributed by atoms with E-state index in [9.17, 15) is 9.59 Å². The number of carbonyl (C=O) groups is 1. The van der Waals surface area contributed by atoms with E-state index < -0.39 is 0 Å². The van der Waals surface area contributed by atoms with E-state index in [1.165, 1.54) is 16.9 Å². The van der Waals surface area contributed by atoms with Crippen LogP contribution in [0.2, 0.25) is 0 Å². The maximum absolute atomic E-state index is 13.1. The number of anilines is 1. The lowest BCUT2D eigenvalue weighted by Crippen LogP contribution is -2.49. The molecule has 0 N–H and O–H groups in total. The minimum absolute atomic E-state index is 0.00467. The van der Waals surface area contributed by atoms with Crippen LogP contribution in [0.4, 0.5) is 5.69 Å². The summed E-state index contributed by atoms with van der Waals surface area (Å²) < 4.78 is 6.94. The van der Waals surface area contributed by atoms with Gasteiger partial charge in [-0.05, 0) is 43.4 Å². The summed E-state index contributed by atoms with van der Waals surface area (Å²) in [4.78, 5) is 36.8. The van der Waals surface area contributed by atoms with Gasteiger partial charge in [0.05, 0.1) is 18.8 Å². The Balaban J connectivity index is 1.21. The first-order chi connectivity index (χ1) is 15.6. The summed E-state index contributed by atoms with van der Waals surface area (Å²) in [5.74, 6) is 0.929. The number of thiophene rings is 1. The van der Waals surface area contributed by atoms with Gasteiger partial charge in [0.15, 0.2) is 0 Å². The maximum atomic E-state index is 13.1. The molecule has 1 saturated heterocycles. The Morgan fingerprint density at radius 3 is 2.78 bits per heavy atom. The molecule has 168 valence electrons. The van der Waals surface area contributed by atoms with E-state index in [0.717, 1.165) is 54.0 Å². The molecule has 0 saturated carbocycles. The Morgan fingerprint density at radius 2 is 1.97 bits per heavy atom. The summed E-state index contributed by atoms with van der Waals surface area (Å²) in [5, 5.41) is 0.784. The molecule has 1 aliphatic heterocycles. The van der Waals surface area contributed by atoms with Crippen LogP contribution in [0.25, 0.3) is 10.2 Å². The quantitative estimate of drug-likeness (QED) is 0.595. The van der Waals surface area contributed by atoms with E-state index in [1.54, 1.807) is 29.3 Å². The van der Waals surface area contributed by atoms with Crippen molar-refractivity contribution in [1.29, 1.82) is 0 Å². The van der Waals surface area contributed by atoms with Gasteiger partial charge >= 0.3 is 0 Å². The number of aromatic nitrogens is 2. The topological polar surface area (TPSA) is 67.7 Å². The van der Waals surface area contributed by atoms with Gasteiger partial charge in [0.2, 0.25) is 5.91 Å². The minimum Gasteiger partial charge on any atom is -0.497 e. The average Bonchev–Trinajstić information content (AvgIpc) is 3.23. The average molecular weight is 453 g/mol. The Bertz CT molecular complexity index is 1190. The molecule has 3 heterocycles. The van der Waals surface area contributed by atoms with Crippen LogP contribution < -0.4 is 15.2 Å². The van der Waals surface area contributed by atoms with Crippen molar-refractivity contribution in [3.63, 3.8) is 0 Å². The number of hydrogen-bond acceptors (Lipinski definition) is 6. The zero-order valence-electron chi connectivity index (χ0n) is 18.4. The molecule has 1 aromatic carbocycles. The molecule has 2 aromatic heterocycles. The lowest BCUT2D eigenvalue weighted by Gasteiger charge is -2.36. The molecular formula is C24H28N4O3S. The fraction of sp³-hybridized carbons (Fsp3) is 0.458. The van der Waals surface area contributed by atoms with Gasteiger partial charge < -0.3 is 14.5 Å². The molecular weight excluding hydrogens is 424 g/mol. The highest BCUT2D eigenvalue weighted by Gasteiger charge is 2.23. The van der Waals surface area contributed by atoms with Crippen LogP contribution in [-0.2, 0) is 24.2 Å². The summed E-state index contributed by atoms with van der Waals surface area (Å²) in [6.45, 7) is 3.31. The molecule has 0 spiro atoms. The van der Waals surface area contributed by atoms with Crippen molar-refractivity contribution in [3.05, 3.63) is 51.4 Å². The summed E-state index contributed by atoms with van der Waals surface area (Å²) in [5.41, 5.74) is 2.31. The van der Waals surface area contributed by atoms with Crippen molar-refractivity contribution in [3.8, 4) is 5.75 Å². The van der Waals surface area contributed by atoms with E-state index in [2.05, 4.69) is 16.0 Å². The van der Waals surface area contributed by atoms with E-state index in [1.807, 2.05) is 23.1 Å². The number of fused-ring (bicyclic) bond motifs is 3. The Morgan fingerprint density at radius 1 is 1.16 bits per heavy atom. The number of aryl methyl sites for hydroxylation is 3. The van der Waals surface area contributed by atoms with Gasteiger partial charge in [-0.1, -0.05) is 6.07 Å². The predicted octanol–water partition coefficient (Wildman–Crippen LogP) is 3.08. The first kappa shape index (κ1) is 21.0. The molecule has 0 radical (unpaired) electrons. The molecule has 32 heavy (non-hydrogen) atoms. The normalized spacial score (nSPS) is 16.3. The van der Waals surface area contributed by atoms with Gasteiger partial charge in [-0.25, -0.2) is 4.98 Å². The summed E-state index contributed by atoms with van der Waals surface area (Å²) in [6.07, 6.45) is 6.27. The molecule has 1 fully saturated rings. The monoisotopic (exact) mass is 452 g/mol. The fourth-order valence-corrected chi connectivity index (χ4v) is 5.96. The van der Waals surface area contributed by atoms with Gasteiger partial charge in [0, 0.05) is 55.8 Å². The number of amides is 1. The molecule has 2 aliphatic rings. The summed E-state index contributed by atoms with van der Waals surface area (Å²) in [7, 11) is 1.67. The van der Waals surface area contributed by atoms with Crippen molar-refractivity contribution in [1.82, 2.24) is 14.5 Å². The van der Waals surface area contributed by atoms with Gasteiger partial charge in [0.25, 0.3) is 5.56 Å². The Hall–Kier alpha value is -2.87. The van der Waals surface area contributed by atoms with Crippen LogP contribution in [-0.4, -0.2) is 53.6 Å². The van der Waals surface area contributed by atoms with E-state index >= 15 is 0 Å². The van der Waals surface area contributed by atoms with E-state index in [4.69, 9.17) is 4.74 Å². The van der Waals surface area contributed by atoms with Crippen LogP contribution in [0.3, 0.4) is 0 Å². The molecule has 8 heteroatoms. The van der Waals surface area contributed by atoms with Crippen molar-refractivity contribution in [2.75, 3.05) is 38.2 Å². The van der Waals surface area contributed by atoms with Gasteiger partial charge in [-0.3, -0.25) is 14.2 Å². The Kier molecular flexibility index (Phi) is 5.87. The van der Waals surface area contributed by atoms with Crippen LogP contribution >= 0.6 is 11.3 Å². The lowest BCUT2D eigenvalue weighted by atomic mass is 9.97. The summed E-state index contributed by atoms with van der Waals surface area (Å²) >= 11 is 1.66. The SMILES string of the molecule is COc1cccc(N2CCN(C(=O)CCn3cnc4sc5c(c4c3=O)CCCC5)CC2)c1. The van der Waals surface area contributed by atoms with Gasteiger partial charge in [-0.15, -0.1) is 11.3 Å². The number of rotatable bonds is 5. The zero-order chi connectivity index (χ0) is 22.1. The van der Waals surface area contributed by atoms with E-state index in [-0.39, 0.29) is 11.5 Å². The second-order valence-electron chi connectivity index (χ2n) is 8.45. The first-order valence-electron chi connectivity index (χ1n) is 11.3. The molecule has 0 atom stereocenters. The van der Waals surface area contributed by atoms with Crippen LogP contribution in [0.15, 0.2) is 35.4 Å². The zero-order valence-corrected chi connectivity index (χ0v) is 19.2. The first-order valence-corrected chi connectivity index (χ1v) is 12.1. The number of methoxy groups -OCH3 is 1. The number of hydrogen-bond donors (Lipinski definition) is 0. The maximum Gasteiger partial charge on any atom is 0.262 e. The predicted molar refractivity (Wildman–Crippen MR) is 127 cm³/mol. The van der Waals surface area contributed by atoms with E-state index in [0.29, 0.717) is 26.1 Å². The highest BCUT2D eigenvalue weighted by atomic mass is 32.1. The number of piperazine rings is 1. The smallest absolute Gasteiger partial charge is 0.262 e. The van der Waals surface area contributed by atoms with Gasteiger partial charge in [0.1, 0.15) is 10.6 Å². The third-order valence-electron chi connectivity index (χ3n) is 6.56. The third-order valence-corrected chi connectivity index (χ3v) is 7.76. The highest BCUT2D eigenvalue weighted by Crippen LogP contribution is 2.33. The van der Waals surface area contributed by atoms with Gasteiger partial charge in [-0.2, -0.15) is 0 Å². The van der Waals surface area contributed by atoms with Crippen molar-refractivity contribution in [2.45, 2.75) is 38.6 Å². The number of benzene rings is 1. The standard InChI is InChI=1S/C24H28N4O3S/c1-31-18-6-4-5-17(15-18)26-11-13-27(14-12-26)21(29)9-10-28-16-25-23-22(24(28)30)19-7-2-3-8-20(19)32-23/h4-6,15-16H,2-3,7-14H2,1H3. The lowest BCUT2D eigenvalue weighted by molar-refractivity contribution is -0.131. The van der Waals surface area contributed by atoms with Crippen LogP contribution in [0, 0.1) is 0 Å². The molecule has 7 nitrogen and oxygen atoms in total. The molecule has 1 amide bonds. The fourth-order valence-electron chi connectivity index (χ4n) is 4.74. The van der Waals surface area contributed by atoms with Crippen LogP contribution in [0.1, 0.15) is 29.7 Å². The van der Waals surface area contributed by atoms with Crippen molar-refractivity contribution < 1.29 is 9.53 Å².